The summed E-state index contributed by atoms with van der Waals surface area (Å²) < 4.78 is 0. The zero-order valence-electron chi connectivity index (χ0n) is 10.6. The molecule has 0 aliphatic carbocycles. The van der Waals surface area contributed by atoms with E-state index in [0.717, 1.165) is 6.42 Å². The Balaban J connectivity index is 2.60. The molecule has 2 atom stereocenters. The van der Waals surface area contributed by atoms with E-state index in [1.807, 2.05) is 26.1 Å². The first-order chi connectivity index (χ1) is 7.46. The SMILES string of the molecule is CCC(C)(O)CNC(C)c1cnccc1C. The van der Waals surface area contributed by atoms with Crippen LogP contribution >= 0.6 is 0 Å². The zero-order valence-corrected chi connectivity index (χ0v) is 10.6. The van der Waals surface area contributed by atoms with Crippen molar-refractivity contribution in [2.75, 3.05) is 6.54 Å². The molecule has 0 aliphatic heterocycles. The van der Waals surface area contributed by atoms with Gasteiger partial charge in [0.05, 0.1) is 5.60 Å². The molecule has 90 valence electrons. The summed E-state index contributed by atoms with van der Waals surface area (Å²) in [7, 11) is 0. The van der Waals surface area contributed by atoms with Crippen molar-refractivity contribution in [1.82, 2.24) is 10.3 Å². The van der Waals surface area contributed by atoms with Gasteiger partial charge in [-0.3, -0.25) is 4.98 Å². The van der Waals surface area contributed by atoms with E-state index in [9.17, 15) is 5.11 Å². The number of aliphatic hydroxyl groups is 1. The average Bonchev–Trinajstić information content (AvgIpc) is 2.27. The second-order valence-corrected chi connectivity index (χ2v) is 4.69. The van der Waals surface area contributed by atoms with Crippen molar-refractivity contribution in [3.8, 4) is 0 Å². The van der Waals surface area contributed by atoms with Gasteiger partial charge in [0.15, 0.2) is 0 Å². The first kappa shape index (κ1) is 13.1. The van der Waals surface area contributed by atoms with Gasteiger partial charge in [-0.15, -0.1) is 0 Å². The van der Waals surface area contributed by atoms with Gasteiger partial charge < -0.3 is 10.4 Å². The van der Waals surface area contributed by atoms with Crippen LogP contribution in [0.5, 0.6) is 0 Å². The number of hydrogen-bond donors (Lipinski definition) is 2. The van der Waals surface area contributed by atoms with Gasteiger partial charge in [-0.05, 0) is 44.4 Å². The minimum absolute atomic E-state index is 0.215. The molecule has 3 nitrogen and oxygen atoms in total. The summed E-state index contributed by atoms with van der Waals surface area (Å²) in [5.74, 6) is 0. The third-order valence-corrected chi connectivity index (χ3v) is 3.10. The van der Waals surface area contributed by atoms with Gasteiger partial charge in [-0.1, -0.05) is 6.92 Å². The number of nitrogens with one attached hydrogen (secondary N) is 1. The lowest BCUT2D eigenvalue weighted by Gasteiger charge is -2.25. The molecule has 1 aromatic heterocycles. The summed E-state index contributed by atoms with van der Waals surface area (Å²) in [6.45, 7) is 8.60. The molecule has 16 heavy (non-hydrogen) atoms. The normalized spacial score (nSPS) is 16.8. The van der Waals surface area contributed by atoms with E-state index < -0.39 is 5.60 Å². The van der Waals surface area contributed by atoms with E-state index in [0.29, 0.717) is 6.54 Å². The van der Waals surface area contributed by atoms with E-state index in [-0.39, 0.29) is 6.04 Å². The highest BCUT2D eigenvalue weighted by atomic mass is 16.3. The van der Waals surface area contributed by atoms with E-state index in [1.54, 1.807) is 6.20 Å². The lowest BCUT2D eigenvalue weighted by atomic mass is 10.0. The van der Waals surface area contributed by atoms with Crippen molar-refractivity contribution in [1.29, 1.82) is 0 Å². The quantitative estimate of drug-likeness (QED) is 0.803. The van der Waals surface area contributed by atoms with Crippen molar-refractivity contribution in [2.24, 2.45) is 0 Å². The Hall–Kier alpha value is -0.930. The Labute approximate surface area is 97.9 Å². The Morgan fingerprint density at radius 3 is 2.81 bits per heavy atom. The summed E-state index contributed by atoms with van der Waals surface area (Å²) in [5, 5.41) is 13.3. The Kier molecular flexibility index (Phi) is 4.44. The lowest BCUT2D eigenvalue weighted by molar-refractivity contribution is 0.0533. The molecule has 1 aromatic rings. The topological polar surface area (TPSA) is 45.1 Å². The largest absolute Gasteiger partial charge is 0.389 e. The van der Waals surface area contributed by atoms with Gasteiger partial charge in [0.1, 0.15) is 0 Å². The van der Waals surface area contributed by atoms with E-state index in [2.05, 4.69) is 24.1 Å². The summed E-state index contributed by atoms with van der Waals surface area (Å²) in [6, 6.07) is 2.22. The molecule has 2 unspecified atom stereocenters. The highest BCUT2D eigenvalue weighted by molar-refractivity contribution is 5.24. The molecule has 2 N–H and O–H groups in total. The second-order valence-electron chi connectivity index (χ2n) is 4.69. The molecule has 3 heteroatoms. The number of pyridine rings is 1. The van der Waals surface area contributed by atoms with Crippen LogP contribution in [0, 0.1) is 6.92 Å². The third-order valence-electron chi connectivity index (χ3n) is 3.10. The molecular weight excluding hydrogens is 200 g/mol. The number of hydrogen-bond acceptors (Lipinski definition) is 3. The summed E-state index contributed by atoms with van der Waals surface area (Å²) in [5.41, 5.74) is 1.78. The van der Waals surface area contributed by atoms with Gasteiger partial charge in [-0.25, -0.2) is 0 Å². The van der Waals surface area contributed by atoms with Crippen molar-refractivity contribution < 1.29 is 5.11 Å². The van der Waals surface area contributed by atoms with Gasteiger partial charge in [-0.2, -0.15) is 0 Å². The maximum Gasteiger partial charge on any atom is 0.0741 e. The number of rotatable bonds is 5. The lowest BCUT2D eigenvalue weighted by Crippen LogP contribution is -2.38. The van der Waals surface area contributed by atoms with Crippen LogP contribution < -0.4 is 5.32 Å². The van der Waals surface area contributed by atoms with Crippen molar-refractivity contribution in [2.45, 2.75) is 45.8 Å². The predicted molar refractivity (Wildman–Crippen MR) is 66.3 cm³/mol. The molecule has 0 fully saturated rings. The van der Waals surface area contributed by atoms with Crippen LogP contribution in [0.3, 0.4) is 0 Å². The zero-order chi connectivity index (χ0) is 12.2. The highest BCUT2D eigenvalue weighted by Gasteiger charge is 2.18. The fourth-order valence-electron chi connectivity index (χ4n) is 1.54. The molecular formula is C13H22N2O. The van der Waals surface area contributed by atoms with Gasteiger partial charge in [0.2, 0.25) is 0 Å². The van der Waals surface area contributed by atoms with Crippen LogP contribution in [0.2, 0.25) is 0 Å². The van der Waals surface area contributed by atoms with Crippen molar-refractivity contribution >= 4 is 0 Å². The van der Waals surface area contributed by atoms with Crippen LogP contribution in [-0.2, 0) is 0 Å². The predicted octanol–water partition coefficient (Wildman–Crippen LogP) is 2.20. The van der Waals surface area contributed by atoms with E-state index in [1.165, 1.54) is 11.1 Å². The first-order valence-electron chi connectivity index (χ1n) is 5.82. The number of nitrogens with zero attached hydrogens (tertiary/aromatic N) is 1. The molecule has 0 saturated heterocycles. The summed E-state index contributed by atoms with van der Waals surface area (Å²) in [6.07, 6.45) is 4.43. The average molecular weight is 222 g/mol. The summed E-state index contributed by atoms with van der Waals surface area (Å²) in [4.78, 5) is 4.13. The number of aryl methyl sites for hydroxylation is 1. The smallest absolute Gasteiger partial charge is 0.0741 e. The van der Waals surface area contributed by atoms with Crippen LogP contribution in [0.4, 0.5) is 0 Å². The third kappa shape index (κ3) is 3.58. The Morgan fingerprint density at radius 2 is 2.25 bits per heavy atom. The van der Waals surface area contributed by atoms with Crippen LogP contribution in [-0.4, -0.2) is 22.2 Å². The highest BCUT2D eigenvalue weighted by Crippen LogP contribution is 2.16. The Morgan fingerprint density at radius 1 is 1.56 bits per heavy atom. The minimum Gasteiger partial charge on any atom is -0.389 e. The maximum absolute atomic E-state index is 9.91. The molecule has 0 saturated carbocycles. The minimum atomic E-state index is -0.635. The van der Waals surface area contributed by atoms with E-state index in [4.69, 9.17) is 0 Å². The molecule has 0 amide bonds. The fraction of sp³-hybridized carbons (Fsp3) is 0.615. The maximum atomic E-state index is 9.91. The molecule has 0 radical (unpaired) electrons. The molecule has 0 spiro atoms. The van der Waals surface area contributed by atoms with Crippen LogP contribution in [0.15, 0.2) is 18.5 Å². The molecule has 0 aliphatic rings. The van der Waals surface area contributed by atoms with Gasteiger partial charge in [0, 0.05) is 25.0 Å². The van der Waals surface area contributed by atoms with Gasteiger partial charge in [0.25, 0.3) is 0 Å². The van der Waals surface area contributed by atoms with Crippen molar-refractivity contribution in [3.63, 3.8) is 0 Å². The second kappa shape index (κ2) is 5.41. The van der Waals surface area contributed by atoms with E-state index >= 15 is 0 Å². The van der Waals surface area contributed by atoms with Gasteiger partial charge >= 0.3 is 0 Å². The molecule has 1 rings (SSSR count). The first-order valence-corrected chi connectivity index (χ1v) is 5.82. The monoisotopic (exact) mass is 222 g/mol. The fourth-order valence-corrected chi connectivity index (χ4v) is 1.54. The van der Waals surface area contributed by atoms with Crippen LogP contribution in [0.25, 0.3) is 0 Å². The standard InChI is InChI=1S/C13H22N2O/c1-5-13(4,16)9-15-11(3)12-8-14-7-6-10(12)2/h6-8,11,15-16H,5,9H2,1-4H3. The van der Waals surface area contributed by atoms with Crippen LogP contribution in [0.1, 0.15) is 44.4 Å². The molecule has 0 bridgehead atoms. The molecule has 1 heterocycles. The summed E-state index contributed by atoms with van der Waals surface area (Å²) >= 11 is 0. The van der Waals surface area contributed by atoms with Crippen molar-refractivity contribution in [3.05, 3.63) is 29.6 Å². The number of aromatic nitrogens is 1. The Bertz CT molecular complexity index is 336. The molecule has 0 aromatic carbocycles.